The first-order chi connectivity index (χ1) is 12.1. The first kappa shape index (κ1) is 23.1. The highest BCUT2D eigenvalue weighted by molar-refractivity contribution is 7.98. The number of hydrogen-bond acceptors (Lipinski definition) is 6. The minimum Gasteiger partial charge on any atom is -0.330 e. The van der Waals surface area contributed by atoms with Crippen molar-refractivity contribution in [3.8, 4) is 5.69 Å². The summed E-state index contributed by atoms with van der Waals surface area (Å²) in [5, 5.41) is 8.80. The van der Waals surface area contributed by atoms with Crippen LogP contribution < -0.4 is 11.3 Å². The van der Waals surface area contributed by atoms with Crippen molar-refractivity contribution in [3.05, 3.63) is 63.8 Å². The molecule has 146 valence electrons. The topological polar surface area (TPSA) is 102 Å². The Morgan fingerprint density at radius 2 is 2.00 bits per heavy atom. The van der Waals surface area contributed by atoms with Crippen molar-refractivity contribution in [3.63, 3.8) is 0 Å². The highest BCUT2D eigenvalue weighted by atomic mass is 35.5. The summed E-state index contributed by atoms with van der Waals surface area (Å²) in [4.78, 5) is 18.4. The van der Waals surface area contributed by atoms with Gasteiger partial charge in [0.1, 0.15) is 17.5 Å². The predicted octanol–water partition coefficient (Wildman–Crippen LogP) is 2.44. The van der Waals surface area contributed by atoms with Gasteiger partial charge in [-0.2, -0.15) is 0 Å². The van der Waals surface area contributed by atoms with Gasteiger partial charge >= 0.3 is 0 Å². The van der Waals surface area contributed by atoms with Crippen LogP contribution in [0.1, 0.15) is 17.3 Å². The predicted molar refractivity (Wildman–Crippen MR) is 108 cm³/mol. The van der Waals surface area contributed by atoms with Crippen LogP contribution in [0.4, 0.5) is 4.39 Å². The van der Waals surface area contributed by atoms with Crippen molar-refractivity contribution >= 4 is 36.6 Å². The minimum absolute atomic E-state index is 0. The molecule has 0 amide bonds. The average Bonchev–Trinajstić information content (AvgIpc) is 2.95. The van der Waals surface area contributed by atoms with E-state index in [1.165, 1.54) is 23.9 Å². The maximum Gasteiger partial charge on any atom is 0.251 e. The van der Waals surface area contributed by atoms with Crippen LogP contribution in [0.25, 0.3) is 5.69 Å². The number of nitrogens with two attached hydrogens (primary N) is 1. The highest BCUT2D eigenvalue weighted by Gasteiger charge is 2.17. The van der Waals surface area contributed by atoms with Gasteiger partial charge < -0.3 is 10.7 Å². The van der Waals surface area contributed by atoms with E-state index in [-0.39, 0.29) is 36.2 Å². The third-order valence-corrected chi connectivity index (χ3v) is 4.39. The van der Waals surface area contributed by atoms with Gasteiger partial charge in [0.25, 0.3) is 5.56 Å². The molecule has 0 radical (unpaired) electrons. The third kappa shape index (κ3) is 5.52. The maximum atomic E-state index is 14.2. The summed E-state index contributed by atoms with van der Waals surface area (Å²) >= 11 is 1.33. The monoisotopic (exact) mass is 432 g/mol. The fourth-order valence-electron chi connectivity index (χ4n) is 2.41. The molecule has 3 rings (SSSR count). The van der Waals surface area contributed by atoms with E-state index >= 15 is 0 Å². The Balaban J connectivity index is 0.00000182. The second kappa shape index (κ2) is 10.4. The minimum atomic E-state index is -0.368. The molecule has 2 heterocycles. The first-order valence-electron chi connectivity index (χ1n) is 7.67. The van der Waals surface area contributed by atoms with Crippen molar-refractivity contribution in [2.45, 2.75) is 24.3 Å². The van der Waals surface area contributed by atoms with E-state index < -0.39 is 0 Å². The number of aryl methyl sites for hydroxylation is 1. The number of rotatable bonds is 6. The molecule has 0 spiro atoms. The second-order valence-electron chi connectivity index (χ2n) is 5.34. The molecule has 1 aromatic carbocycles. The molecule has 2 aromatic heterocycles. The lowest BCUT2D eigenvalue weighted by Gasteiger charge is -2.10. The number of aromatic nitrogens is 5. The molecule has 0 saturated heterocycles. The summed E-state index contributed by atoms with van der Waals surface area (Å²) in [6.45, 7) is 2.10. The van der Waals surface area contributed by atoms with Gasteiger partial charge in [0.2, 0.25) is 0 Å². The van der Waals surface area contributed by atoms with Crippen LogP contribution in [0.15, 0.2) is 40.3 Å². The van der Waals surface area contributed by atoms with Gasteiger partial charge in [-0.05, 0) is 25.6 Å². The van der Waals surface area contributed by atoms with Gasteiger partial charge in [-0.15, -0.1) is 35.0 Å². The molecular weight excluding hydrogens is 414 g/mol. The standard InChI is InChI=1S/C16H17FN6OS.2ClH/c1-10-19-11(8-15(24)20-10)9-25-16-22-21-14(6-7-18)23(16)13-5-3-2-4-12(13)17;;/h2-5,8H,6-7,9,18H2,1H3,(H,19,20,24);2*1H. The largest absolute Gasteiger partial charge is 0.330 e. The maximum absolute atomic E-state index is 14.2. The van der Waals surface area contributed by atoms with Crippen molar-refractivity contribution < 1.29 is 4.39 Å². The van der Waals surface area contributed by atoms with Crippen LogP contribution in [0, 0.1) is 12.7 Å². The van der Waals surface area contributed by atoms with E-state index in [1.54, 1.807) is 29.7 Å². The fraction of sp³-hybridized carbons (Fsp3) is 0.250. The zero-order chi connectivity index (χ0) is 17.8. The normalized spacial score (nSPS) is 10.2. The van der Waals surface area contributed by atoms with E-state index in [2.05, 4.69) is 20.2 Å². The van der Waals surface area contributed by atoms with E-state index in [1.807, 2.05) is 0 Å². The molecule has 27 heavy (non-hydrogen) atoms. The zero-order valence-electron chi connectivity index (χ0n) is 14.4. The summed E-state index contributed by atoms with van der Waals surface area (Å²) in [5.41, 5.74) is 6.41. The van der Waals surface area contributed by atoms with Crippen molar-refractivity contribution in [2.24, 2.45) is 5.73 Å². The van der Waals surface area contributed by atoms with Crippen LogP contribution in [0.2, 0.25) is 0 Å². The van der Waals surface area contributed by atoms with Gasteiger partial charge in [-0.3, -0.25) is 9.36 Å². The zero-order valence-corrected chi connectivity index (χ0v) is 16.8. The van der Waals surface area contributed by atoms with Gasteiger partial charge in [0.05, 0.1) is 11.4 Å². The number of para-hydroxylation sites is 1. The number of nitrogens with zero attached hydrogens (tertiary/aromatic N) is 4. The lowest BCUT2D eigenvalue weighted by atomic mass is 10.3. The number of benzene rings is 1. The van der Waals surface area contributed by atoms with E-state index in [0.29, 0.717) is 46.9 Å². The molecule has 0 aliphatic rings. The molecule has 3 N–H and O–H groups in total. The number of thioether (sulfide) groups is 1. The SMILES string of the molecule is Cc1nc(CSc2nnc(CCN)n2-c2ccccc2F)cc(=O)[nH]1.Cl.Cl. The number of aromatic amines is 1. The summed E-state index contributed by atoms with van der Waals surface area (Å²) in [6.07, 6.45) is 0.476. The van der Waals surface area contributed by atoms with Crippen LogP contribution >= 0.6 is 36.6 Å². The smallest absolute Gasteiger partial charge is 0.251 e. The third-order valence-electron chi connectivity index (χ3n) is 3.42. The molecule has 0 saturated carbocycles. The van der Waals surface area contributed by atoms with Gasteiger partial charge in [0.15, 0.2) is 5.16 Å². The number of nitrogens with one attached hydrogen (secondary N) is 1. The summed E-state index contributed by atoms with van der Waals surface area (Å²) in [6, 6.07) is 7.86. The molecule has 0 fully saturated rings. The van der Waals surface area contributed by atoms with Crippen molar-refractivity contribution in [1.82, 2.24) is 24.7 Å². The van der Waals surface area contributed by atoms with Crippen LogP contribution in [-0.2, 0) is 12.2 Å². The number of hydrogen-bond donors (Lipinski definition) is 2. The lowest BCUT2D eigenvalue weighted by molar-refractivity contribution is 0.609. The Labute approximate surface area is 171 Å². The molecule has 0 atom stereocenters. The van der Waals surface area contributed by atoms with Gasteiger partial charge in [-0.25, -0.2) is 9.37 Å². The van der Waals surface area contributed by atoms with Gasteiger partial charge in [0, 0.05) is 18.2 Å². The number of H-pyrrole nitrogens is 1. The first-order valence-corrected chi connectivity index (χ1v) is 8.66. The molecule has 0 bridgehead atoms. The summed E-state index contributed by atoms with van der Waals surface area (Å²) in [5.74, 6) is 1.18. The Bertz CT molecular complexity index is 949. The molecule has 0 aliphatic carbocycles. The van der Waals surface area contributed by atoms with E-state index in [9.17, 15) is 9.18 Å². The van der Waals surface area contributed by atoms with Crippen molar-refractivity contribution in [1.29, 1.82) is 0 Å². The van der Waals surface area contributed by atoms with E-state index in [4.69, 9.17) is 5.73 Å². The van der Waals surface area contributed by atoms with Gasteiger partial charge in [-0.1, -0.05) is 23.9 Å². The average molecular weight is 433 g/mol. The fourth-order valence-corrected chi connectivity index (χ4v) is 3.27. The number of halogens is 3. The second-order valence-corrected chi connectivity index (χ2v) is 6.28. The molecular formula is C16H19Cl2FN6OS. The molecule has 0 unspecified atom stereocenters. The van der Waals surface area contributed by atoms with Crippen LogP contribution in [0.3, 0.4) is 0 Å². The lowest BCUT2D eigenvalue weighted by Crippen LogP contribution is -2.11. The Kier molecular flexibility index (Phi) is 8.91. The molecule has 0 aliphatic heterocycles. The Morgan fingerprint density at radius 1 is 1.26 bits per heavy atom. The van der Waals surface area contributed by atoms with Crippen LogP contribution in [0.5, 0.6) is 0 Å². The summed E-state index contributed by atoms with van der Waals surface area (Å²) in [7, 11) is 0. The molecule has 11 heteroatoms. The highest BCUT2D eigenvalue weighted by Crippen LogP contribution is 2.26. The summed E-state index contributed by atoms with van der Waals surface area (Å²) < 4.78 is 15.9. The van der Waals surface area contributed by atoms with Crippen LogP contribution in [-0.4, -0.2) is 31.3 Å². The molecule has 3 aromatic rings. The van der Waals surface area contributed by atoms with Crippen molar-refractivity contribution in [2.75, 3.05) is 6.54 Å². The van der Waals surface area contributed by atoms with E-state index in [0.717, 1.165) is 0 Å². The Hall–Kier alpha value is -1.94. The molecule has 7 nitrogen and oxygen atoms in total. The quantitative estimate of drug-likeness (QED) is 0.579. The Morgan fingerprint density at radius 3 is 2.67 bits per heavy atom.